The van der Waals surface area contributed by atoms with E-state index >= 15 is 0 Å². The van der Waals surface area contributed by atoms with Crippen LogP contribution in [0.2, 0.25) is 0 Å². The van der Waals surface area contributed by atoms with Crippen LogP contribution in [0.4, 0.5) is 0 Å². The van der Waals surface area contributed by atoms with Crippen LogP contribution in [0.1, 0.15) is 20.3 Å². The van der Waals surface area contributed by atoms with Crippen molar-refractivity contribution in [1.82, 2.24) is 9.78 Å². The van der Waals surface area contributed by atoms with Gasteiger partial charge in [-0.3, -0.25) is 4.68 Å². The van der Waals surface area contributed by atoms with Gasteiger partial charge in [-0.25, -0.2) is 0 Å². The van der Waals surface area contributed by atoms with Crippen molar-refractivity contribution in [2.45, 2.75) is 32.4 Å². The van der Waals surface area contributed by atoms with Crippen molar-refractivity contribution in [3.63, 3.8) is 0 Å². The molecule has 1 heterocycles. The van der Waals surface area contributed by atoms with Crippen molar-refractivity contribution in [3.05, 3.63) is 16.9 Å². The van der Waals surface area contributed by atoms with Crippen LogP contribution in [-0.2, 0) is 6.54 Å². The first-order chi connectivity index (χ1) is 5.47. The molecule has 0 amide bonds. The number of aryl methyl sites for hydroxylation is 1. The number of aromatic nitrogens is 2. The first-order valence-corrected chi connectivity index (χ1v) is 4.67. The molecule has 0 unspecified atom stereocenters. The first-order valence-electron chi connectivity index (χ1n) is 3.88. The summed E-state index contributed by atoms with van der Waals surface area (Å²) in [5, 5.41) is 13.5. The molecule has 3 nitrogen and oxygen atoms in total. The maximum absolute atomic E-state index is 9.43. The Morgan fingerprint density at radius 3 is 2.75 bits per heavy atom. The quantitative estimate of drug-likeness (QED) is 0.864. The number of aliphatic hydroxyl groups is 1. The minimum atomic E-state index is -0.613. The van der Waals surface area contributed by atoms with Gasteiger partial charge in [-0.05, 0) is 36.2 Å². The molecule has 12 heavy (non-hydrogen) atoms. The van der Waals surface area contributed by atoms with E-state index in [1.807, 2.05) is 10.9 Å². The normalized spacial score (nSPS) is 12.0. The third-order valence-corrected chi connectivity index (χ3v) is 1.96. The van der Waals surface area contributed by atoms with Gasteiger partial charge in [-0.2, -0.15) is 5.10 Å². The molecule has 1 aromatic rings. The molecular weight excluding hydrogens is 220 g/mol. The molecule has 0 radical (unpaired) electrons. The van der Waals surface area contributed by atoms with Crippen molar-refractivity contribution in [2.24, 2.45) is 0 Å². The first kappa shape index (κ1) is 9.74. The van der Waals surface area contributed by atoms with E-state index in [0.29, 0.717) is 6.42 Å². The lowest BCUT2D eigenvalue weighted by Gasteiger charge is -2.16. The SMILES string of the molecule is CC(C)(O)CCn1cc(Br)cn1. The highest BCUT2D eigenvalue weighted by molar-refractivity contribution is 9.10. The van der Waals surface area contributed by atoms with Crippen LogP contribution in [0.5, 0.6) is 0 Å². The molecule has 0 bridgehead atoms. The average Bonchev–Trinajstić information content (AvgIpc) is 2.30. The number of halogens is 1. The minimum absolute atomic E-state index is 0.613. The van der Waals surface area contributed by atoms with Crippen LogP contribution in [0.3, 0.4) is 0 Å². The Balaban J connectivity index is 2.44. The van der Waals surface area contributed by atoms with Gasteiger partial charge in [0.2, 0.25) is 0 Å². The lowest BCUT2D eigenvalue weighted by atomic mass is 10.1. The van der Waals surface area contributed by atoms with Crippen LogP contribution in [-0.4, -0.2) is 20.5 Å². The highest BCUT2D eigenvalue weighted by Gasteiger charge is 2.11. The second-order valence-electron chi connectivity index (χ2n) is 3.48. The zero-order chi connectivity index (χ0) is 9.19. The van der Waals surface area contributed by atoms with Crippen LogP contribution in [0.15, 0.2) is 16.9 Å². The van der Waals surface area contributed by atoms with Crippen molar-refractivity contribution in [3.8, 4) is 0 Å². The molecule has 0 aromatic carbocycles. The molecule has 1 rings (SSSR count). The van der Waals surface area contributed by atoms with Crippen LogP contribution in [0.25, 0.3) is 0 Å². The second kappa shape index (κ2) is 3.58. The predicted octanol–water partition coefficient (Wildman–Crippen LogP) is 1.81. The summed E-state index contributed by atoms with van der Waals surface area (Å²) in [5.74, 6) is 0. The molecule has 0 aliphatic carbocycles. The van der Waals surface area contributed by atoms with E-state index in [1.165, 1.54) is 0 Å². The lowest BCUT2D eigenvalue weighted by molar-refractivity contribution is 0.0651. The summed E-state index contributed by atoms with van der Waals surface area (Å²) in [6, 6.07) is 0. The topological polar surface area (TPSA) is 38.0 Å². The highest BCUT2D eigenvalue weighted by Crippen LogP contribution is 2.11. The smallest absolute Gasteiger partial charge is 0.0632 e. The predicted molar refractivity (Wildman–Crippen MR) is 50.8 cm³/mol. The summed E-state index contributed by atoms with van der Waals surface area (Å²) < 4.78 is 2.78. The summed E-state index contributed by atoms with van der Waals surface area (Å²) in [7, 11) is 0. The molecule has 68 valence electrons. The van der Waals surface area contributed by atoms with E-state index in [0.717, 1.165) is 11.0 Å². The van der Waals surface area contributed by atoms with Crippen molar-refractivity contribution in [1.29, 1.82) is 0 Å². The van der Waals surface area contributed by atoms with E-state index in [2.05, 4.69) is 21.0 Å². The van der Waals surface area contributed by atoms with E-state index in [1.54, 1.807) is 20.0 Å². The van der Waals surface area contributed by atoms with Gasteiger partial charge in [0.1, 0.15) is 0 Å². The van der Waals surface area contributed by atoms with E-state index in [-0.39, 0.29) is 0 Å². The molecule has 1 aromatic heterocycles. The standard InChI is InChI=1S/C8H13BrN2O/c1-8(2,12)3-4-11-6-7(9)5-10-11/h5-6,12H,3-4H2,1-2H3. The Morgan fingerprint density at radius 1 is 1.67 bits per heavy atom. The molecule has 0 fully saturated rings. The fourth-order valence-corrected chi connectivity index (χ4v) is 1.18. The number of rotatable bonds is 3. The Labute approximate surface area is 80.5 Å². The average molecular weight is 233 g/mol. The van der Waals surface area contributed by atoms with Gasteiger partial charge in [0.15, 0.2) is 0 Å². The number of hydrogen-bond acceptors (Lipinski definition) is 2. The number of nitrogens with zero attached hydrogens (tertiary/aromatic N) is 2. The summed E-state index contributed by atoms with van der Waals surface area (Å²) in [6.45, 7) is 4.34. The molecule has 0 saturated carbocycles. The van der Waals surface area contributed by atoms with Crippen molar-refractivity contribution in [2.75, 3.05) is 0 Å². The van der Waals surface area contributed by atoms with Gasteiger partial charge in [-0.1, -0.05) is 0 Å². The molecule has 0 atom stereocenters. The van der Waals surface area contributed by atoms with Gasteiger partial charge < -0.3 is 5.11 Å². The monoisotopic (exact) mass is 232 g/mol. The molecule has 1 N–H and O–H groups in total. The third-order valence-electron chi connectivity index (χ3n) is 1.55. The third kappa shape index (κ3) is 3.36. The van der Waals surface area contributed by atoms with Crippen molar-refractivity contribution >= 4 is 15.9 Å². The van der Waals surface area contributed by atoms with Crippen molar-refractivity contribution < 1.29 is 5.11 Å². The Kier molecular flexibility index (Phi) is 2.90. The Hall–Kier alpha value is -0.350. The minimum Gasteiger partial charge on any atom is -0.390 e. The van der Waals surface area contributed by atoms with E-state index < -0.39 is 5.60 Å². The molecule has 0 aliphatic heterocycles. The zero-order valence-electron chi connectivity index (χ0n) is 7.29. The van der Waals surface area contributed by atoms with Gasteiger partial charge in [0, 0.05) is 12.7 Å². The second-order valence-corrected chi connectivity index (χ2v) is 4.40. The van der Waals surface area contributed by atoms with Gasteiger partial charge in [0.05, 0.1) is 16.3 Å². The van der Waals surface area contributed by atoms with Gasteiger partial charge >= 0.3 is 0 Å². The Morgan fingerprint density at radius 2 is 2.33 bits per heavy atom. The maximum Gasteiger partial charge on any atom is 0.0632 e. The van der Waals surface area contributed by atoms with Crippen LogP contribution >= 0.6 is 15.9 Å². The fraction of sp³-hybridized carbons (Fsp3) is 0.625. The fourth-order valence-electron chi connectivity index (χ4n) is 0.849. The molecular formula is C8H13BrN2O. The highest BCUT2D eigenvalue weighted by atomic mass is 79.9. The van der Waals surface area contributed by atoms with E-state index in [4.69, 9.17) is 0 Å². The largest absolute Gasteiger partial charge is 0.390 e. The van der Waals surface area contributed by atoms with Gasteiger partial charge in [0.25, 0.3) is 0 Å². The van der Waals surface area contributed by atoms with Gasteiger partial charge in [-0.15, -0.1) is 0 Å². The summed E-state index contributed by atoms with van der Waals surface area (Å²) in [5.41, 5.74) is -0.613. The number of hydrogen-bond donors (Lipinski definition) is 1. The zero-order valence-corrected chi connectivity index (χ0v) is 8.87. The summed E-state index contributed by atoms with van der Waals surface area (Å²) >= 11 is 3.31. The van der Waals surface area contributed by atoms with Crippen LogP contribution < -0.4 is 0 Å². The Bertz CT molecular complexity index is 252. The lowest BCUT2D eigenvalue weighted by Crippen LogP contribution is -2.21. The van der Waals surface area contributed by atoms with Crippen LogP contribution in [0, 0.1) is 0 Å². The molecule has 4 heteroatoms. The molecule has 0 aliphatic rings. The molecule has 0 spiro atoms. The summed E-state index contributed by atoms with van der Waals surface area (Å²) in [4.78, 5) is 0. The summed E-state index contributed by atoms with van der Waals surface area (Å²) in [6.07, 6.45) is 4.34. The van der Waals surface area contributed by atoms with E-state index in [9.17, 15) is 5.11 Å². The molecule has 0 saturated heterocycles. The maximum atomic E-state index is 9.43.